The first-order chi connectivity index (χ1) is 15.1. The Labute approximate surface area is 181 Å². The van der Waals surface area contributed by atoms with Crippen molar-refractivity contribution in [1.82, 2.24) is 15.0 Å². The van der Waals surface area contributed by atoms with Crippen molar-refractivity contribution < 1.29 is 14.4 Å². The molecular formula is C24H26N4O3. The van der Waals surface area contributed by atoms with Crippen LogP contribution >= 0.6 is 0 Å². The number of aliphatic hydroxyl groups is 1. The highest BCUT2D eigenvalue weighted by Gasteiger charge is 2.22. The quantitative estimate of drug-likeness (QED) is 0.623. The molecule has 1 N–H and O–H groups in total. The van der Waals surface area contributed by atoms with Gasteiger partial charge in [-0.1, -0.05) is 23.4 Å². The maximum absolute atomic E-state index is 9.48. The molecule has 0 saturated carbocycles. The molecule has 4 rings (SSSR count). The largest absolute Gasteiger partial charge is 0.490 e. The third-order valence-electron chi connectivity index (χ3n) is 5.35. The second kappa shape index (κ2) is 9.29. The van der Waals surface area contributed by atoms with Crippen LogP contribution in [0.2, 0.25) is 0 Å². The van der Waals surface area contributed by atoms with Crippen LogP contribution in [0.5, 0.6) is 5.75 Å². The molecule has 1 aliphatic heterocycles. The molecule has 0 unspecified atom stereocenters. The molecule has 0 amide bonds. The van der Waals surface area contributed by atoms with E-state index >= 15 is 0 Å². The van der Waals surface area contributed by atoms with Crippen molar-refractivity contribution in [3.05, 3.63) is 53.1 Å². The summed E-state index contributed by atoms with van der Waals surface area (Å²) >= 11 is 0. The number of aliphatic hydroxyl groups excluding tert-OH is 1. The Kier molecular flexibility index (Phi) is 6.31. The summed E-state index contributed by atoms with van der Waals surface area (Å²) in [5.41, 5.74) is 4.61. The number of aromatic nitrogens is 2. The predicted molar refractivity (Wildman–Crippen MR) is 116 cm³/mol. The molecular weight excluding hydrogens is 392 g/mol. The average Bonchev–Trinajstić information content (AvgIpc) is 3.27. The van der Waals surface area contributed by atoms with Gasteiger partial charge in [0, 0.05) is 37.4 Å². The van der Waals surface area contributed by atoms with Crippen LogP contribution in [0.25, 0.3) is 22.8 Å². The van der Waals surface area contributed by atoms with E-state index < -0.39 is 0 Å². The fourth-order valence-electron chi connectivity index (χ4n) is 3.92. The third-order valence-corrected chi connectivity index (χ3v) is 5.35. The zero-order valence-corrected chi connectivity index (χ0v) is 17.8. The van der Waals surface area contributed by atoms with Crippen molar-refractivity contribution in [2.75, 3.05) is 19.7 Å². The van der Waals surface area contributed by atoms with Crippen molar-refractivity contribution in [2.45, 2.75) is 39.3 Å². The maximum atomic E-state index is 9.48. The molecule has 0 atom stereocenters. The van der Waals surface area contributed by atoms with Crippen LogP contribution in [0.3, 0.4) is 0 Å². The number of rotatable bonds is 7. The molecule has 0 bridgehead atoms. The Morgan fingerprint density at radius 2 is 2.16 bits per heavy atom. The second-order valence-corrected chi connectivity index (χ2v) is 7.96. The average molecular weight is 418 g/mol. The molecule has 0 fully saturated rings. The summed E-state index contributed by atoms with van der Waals surface area (Å²) in [6.07, 6.45) is 1.67. The highest BCUT2D eigenvalue weighted by molar-refractivity contribution is 5.66. The van der Waals surface area contributed by atoms with Crippen LogP contribution in [0.15, 0.2) is 40.9 Å². The fourth-order valence-corrected chi connectivity index (χ4v) is 3.92. The van der Waals surface area contributed by atoms with Crippen molar-refractivity contribution in [1.29, 1.82) is 5.26 Å². The Morgan fingerprint density at radius 1 is 1.29 bits per heavy atom. The third kappa shape index (κ3) is 4.61. The maximum Gasteiger partial charge on any atom is 0.258 e. The molecule has 160 valence electrons. The summed E-state index contributed by atoms with van der Waals surface area (Å²) < 4.78 is 11.2. The monoisotopic (exact) mass is 418 g/mol. The lowest BCUT2D eigenvalue weighted by Crippen LogP contribution is -2.32. The number of hydrogen-bond donors (Lipinski definition) is 1. The molecule has 31 heavy (non-hydrogen) atoms. The Hall–Kier alpha value is -3.21. The van der Waals surface area contributed by atoms with Crippen molar-refractivity contribution in [3.8, 4) is 34.7 Å². The smallest absolute Gasteiger partial charge is 0.258 e. The van der Waals surface area contributed by atoms with Gasteiger partial charge in [-0.15, -0.1) is 0 Å². The summed E-state index contributed by atoms with van der Waals surface area (Å²) in [4.78, 5) is 6.97. The molecule has 3 aromatic rings. The van der Waals surface area contributed by atoms with Crippen LogP contribution in [-0.4, -0.2) is 45.9 Å². The molecule has 1 aliphatic rings. The number of hydrogen-bond acceptors (Lipinski definition) is 7. The van der Waals surface area contributed by atoms with E-state index in [1.807, 2.05) is 32.0 Å². The highest BCUT2D eigenvalue weighted by Crippen LogP contribution is 2.31. The minimum Gasteiger partial charge on any atom is -0.490 e. The summed E-state index contributed by atoms with van der Waals surface area (Å²) in [6, 6.07) is 13.7. The van der Waals surface area contributed by atoms with Gasteiger partial charge in [-0.3, -0.25) is 4.90 Å². The van der Waals surface area contributed by atoms with E-state index in [-0.39, 0.29) is 12.7 Å². The summed E-state index contributed by atoms with van der Waals surface area (Å²) in [5, 5.41) is 22.8. The van der Waals surface area contributed by atoms with Gasteiger partial charge in [0.15, 0.2) is 0 Å². The second-order valence-electron chi connectivity index (χ2n) is 7.96. The van der Waals surface area contributed by atoms with Crippen LogP contribution < -0.4 is 4.74 Å². The summed E-state index contributed by atoms with van der Waals surface area (Å²) in [5.74, 6) is 1.47. The molecule has 0 radical (unpaired) electrons. The Balaban J connectivity index is 1.60. The van der Waals surface area contributed by atoms with Crippen molar-refractivity contribution in [3.63, 3.8) is 0 Å². The van der Waals surface area contributed by atoms with E-state index in [2.05, 4.69) is 27.2 Å². The molecule has 2 aromatic carbocycles. The standard InChI is InChI=1S/C24H26N4O3/c1-16(2)30-22-8-7-17(13-19(22)14-25)24-26-23(27-31-24)21-6-3-5-18-15-28(10-4-12-29)11-9-20(18)21/h3,5-8,13,16,29H,4,9-12,15H2,1-2H3. The van der Waals surface area contributed by atoms with Crippen molar-refractivity contribution >= 4 is 0 Å². The van der Waals surface area contributed by atoms with Gasteiger partial charge in [-0.05, 0) is 56.0 Å². The van der Waals surface area contributed by atoms with Gasteiger partial charge < -0.3 is 14.4 Å². The lowest BCUT2D eigenvalue weighted by molar-refractivity contribution is 0.212. The molecule has 7 nitrogen and oxygen atoms in total. The number of nitriles is 1. The van der Waals surface area contributed by atoms with E-state index in [0.717, 1.165) is 38.0 Å². The van der Waals surface area contributed by atoms with Crippen LogP contribution in [0, 0.1) is 11.3 Å². The first-order valence-corrected chi connectivity index (χ1v) is 10.6. The van der Waals surface area contributed by atoms with Gasteiger partial charge in [0.05, 0.1) is 11.7 Å². The lowest BCUT2D eigenvalue weighted by Gasteiger charge is -2.29. The lowest BCUT2D eigenvalue weighted by atomic mass is 9.94. The van der Waals surface area contributed by atoms with Gasteiger partial charge in [-0.2, -0.15) is 10.2 Å². The zero-order chi connectivity index (χ0) is 21.8. The van der Waals surface area contributed by atoms with Gasteiger partial charge in [-0.25, -0.2) is 0 Å². The van der Waals surface area contributed by atoms with Gasteiger partial charge >= 0.3 is 0 Å². The van der Waals surface area contributed by atoms with E-state index in [4.69, 9.17) is 14.4 Å². The first kappa shape index (κ1) is 21.0. The van der Waals surface area contributed by atoms with Gasteiger partial charge in [0.1, 0.15) is 11.8 Å². The molecule has 2 heterocycles. The van der Waals surface area contributed by atoms with Gasteiger partial charge in [0.2, 0.25) is 5.82 Å². The normalized spacial score (nSPS) is 13.8. The van der Waals surface area contributed by atoms with Gasteiger partial charge in [0.25, 0.3) is 5.89 Å². The minimum absolute atomic E-state index is 0.0169. The SMILES string of the molecule is CC(C)Oc1ccc(-c2nc(-c3cccc4c3CCN(CCCO)C4)no2)cc1C#N. The molecule has 0 aliphatic carbocycles. The van der Waals surface area contributed by atoms with Crippen LogP contribution in [0.4, 0.5) is 0 Å². The van der Waals surface area contributed by atoms with Crippen LogP contribution in [0.1, 0.15) is 37.0 Å². The number of benzene rings is 2. The zero-order valence-electron chi connectivity index (χ0n) is 17.8. The van der Waals surface area contributed by atoms with E-state index in [1.54, 1.807) is 12.1 Å². The molecule has 7 heteroatoms. The van der Waals surface area contributed by atoms with E-state index in [1.165, 1.54) is 11.1 Å². The Bertz CT molecular complexity index is 1100. The molecule has 0 spiro atoms. The number of ether oxygens (including phenoxy) is 1. The van der Waals surface area contributed by atoms with E-state index in [0.29, 0.717) is 28.6 Å². The van der Waals surface area contributed by atoms with Crippen molar-refractivity contribution in [2.24, 2.45) is 0 Å². The Morgan fingerprint density at radius 3 is 2.94 bits per heavy atom. The van der Waals surface area contributed by atoms with E-state index in [9.17, 15) is 5.26 Å². The number of nitrogens with zero attached hydrogens (tertiary/aromatic N) is 4. The molecule has 1 aromatic heterocycles. The summed E-state index contributed by atoms with van der Waals surface area (Å²) in [6.45, 7) is 6.75. The minimum atomic E-state index is -0.0169. The number of fused-ring (bicyclic) bond motifs is 1. The topological polar surface area (TPSA) is 95.4 Å². The first-order valence-electron chi connectivity index (χ1n) is 10.6. The fraction of sp³-hybridized carbons (Fsp3) is 0.375. The predicted octanol–water partition coefficient (Wildman–Crippen LogP) is 3.80. The molecule has 0 saturated heterocycles. The summed E-state index contributed by atoms with van der Waals surface area (Å²) in [7, 11) is 0. The highest BCUT2D eigenvalue weighted by atomic mass is 16.5. The van der Waals surface area contributed by atoms with Crippen LogP contribution in [-0.2, 0) is 13.0 Å².